The van der Waals surface area contributed by atoms with Crippen molar-refractivity contribution in [1.82, 2.24) is 0 Å². The Morgan fingerprint density at radius 1 is 1.16 bits per heavy atom. The molecule has 1 rings (SSSR count). The number of hydrogen-bond donors (Lipinski definition) is 0. The average molecular weight is 333 g/mol. The summed E-state index contributed by atoms with van der Waals surface area (Å²) < 4.78 is 16.0. The van der Waals surface area contributed by atoms with Crippen LogP contribution in [0.15, 0.2) is 22.8 Å². The fourth-order valence-electron chi connectivity index (χ4n) is 2.06. The average Bonchev–Trinajstić information content (AvgIpc) is 2.95. The second kappa shape index (κ2) is 11.5. The molecule has 0 amide bonds. The molecule has 1 aromatic heterocycles. The third-order valence-electron chi connectivity index (χ3n) is 3.10. The van der Waals surface area contributed by atoms with E-state index in [1.54, 1.807) is 13.4 Å². The zero-order valence-corrected chi connectivity index (χ0v) is 13.4. The number of hydrogen-bond acceptors (Lipinski definition) is 3. The first-order valence-electron chi connectivity index (χ1n) is 7.08. The highest BCUT2D eigenvalue weighted by Gasteiger charge is 2.14. The van der Waals surface area contributed by atoms with Crippen LogP contribution in [0.5, 0.6) is 0 Å². The van der Waals surface area contributed by atoms with E-state index in [-0.39, 0.29) is 6.10 Å². The molecule has 4 heteroatoms. The lowest BCUT2D eigenvalue weighted by molar-refractivity contribution is -0.0829. The van der Waals surface area contributed by atoms with Crippen LogP contribution < -0.4 is 0 Å². The van der Waals surface area contributed by atoms with Gasteiger partial charge in [0, 0.05) is 12.4 Å². The maximum Gasteiger partial charge on any atom is 0.147 e. The Hall–Kier alpha value is -0.320. The Morgan fingerprint density at radius 3 is 2.53 bits per heavy atom. The molecule has 19 heavy (non-hydrogen) atoms. The monoisotopic (exact) mass is 332 g/mol. The third-order valence-corrected chi connectivity index (χ3v) is 3.66. The maximum absolute atomic E-state index is 5.66. The van der Waals surface area contributed by atoms with Crippen molar-refractivity contribution in [2.24, 2.45) is 0 Å². The van der Waals surface area contributed by atoms with Gasteiger partial charge in [0.15, 0.2) is 0 Å². The van der Waals surface area contributed by atoms with Gasteiger partial charge in [-0.2, -0.15) is 0 Å². The van der Waals surface area contributed by atoms with E-state index < -0.39 is 0 Å². The Labute approximate surface area is 124 Å². The van der Waals surface area contributed by atoms with Gasteiger partial charge in [-0.15, -0.1) is 0 Å². The van der Waals surface area contributed by atoms with Crippen molar-refractivity contribution >= 4 is 15.9 Å². The highest BCUT2D eigenvalue weighted by Crippen LogP contribution is 2.24. The molecule has 0 bridgehead atoms. The smallest absolute Gasteiger partial charge is 0.147 e. The van der Waals surface area contributed by atoms with Gasteiger partial charge in [0.25, 0.3) is 0 Å². The van der Waals surface area contributed by atoms with Crippen molar-refractivity contribution in [2.45, 2.75) is 51.0 Å². The summed E-state index contributed by atoms with van der Waals surface area (Å²) in [6.07, 6.45) is 10.4. The summed E-state index contributed by atoms with van der Waals surface area (Å²) in [6.45, 7) is 0.316. The first-order valence-corrected chi connectivity index (χ1v) is 8.20. The molecule has 0 saturated heterocycles. The van der Waals surface area contributed by atoms with Crippen molar-refractivity contribution in [1.29, 1.82) is 0 Å². The topological polar surface area (TPSA) is 31.6 Å². The molecule has 0 spiro atoms. The number of halogens is 1. The van der Waals surface area contributed by atoms with Crippen molar-refractivity contribution in [2.75, 3.05) is 19.2 Å². The summed E-state index contributed by atoms with van der Waals surface area (Å²) in [6, 6.07) is 3.87. The van der Waals surface area contributed by atoms with Crippen LogP contribution in [0.25, 0.3) is 0 Å². The summed E-state index contributed by atoms with van der Waals surface area (Å²) in [5, 5.41) is 1.12. The minimum Gasteiger partial charge on any atom is -0.467 e. The molecular weight excluding hydrogens is 308 g/mol. The fraction of sp³-hybridized carbons (Fsp3) is 0.733. The van der Waals surface area contributed by atoms with Crippen LogP contribution in [0, 0.1) is 0 Å². The first kappa shape index (κ1) is 16.7. The second-order valence-corrected chi connectivity index (χ2v) is 5.47. The van der Waals surface area contributed by atoms with Gasteiger partial charge >= 0.3 is 0 Å². The van der Waals surface area contributed by atoms with Crippen molar-refractivity contribution in [3.63, 3.8) is 0 Å². The lowest BCUT2D eigenvalue weighted by Crippen LogP contribution is -2.06. The van der Waals surface area contributed by atoms with Crippen LogP contribution in [0.2, 0.25) is 0 Å². The predicted octanol–water partition coefficient (Wildman–Crippen LogP) is 5.07. The maximum atomic E-state index is 5.66. The molecule has 0 unspecified atom stereocenters. The lowest BCUT2D eigenvalue weighted by atomic mass is 10.1. The van der Waals surface area contributed by atoms with Crippen LogP contribution in [0.4, 0.5) is 0 Å². The molecule has 0 fully saturated rings. The zero-order valence-electron chi connectivity index (χ0n) is 11.8. The molecule has 0 aliphatic rings. The van der Waals surface area contributed by atoms with E-state index in [9.17, 15) is 0 Å². The predicted molar refractivity (Wildman–Crippen MR) is 80.5 cm³/mol. The van der Waals surface area contributed by atoms with Gasteiger partial charge in [0.1, 0.15) is 18.7 Å². The summed E-state index contributed by atoms with van der Waals surface area (Å²) in [5.74, 6) is 0.899. The van der Waals surface area contributed by atoms with E-state index >= 15 is 0 Å². The second-order valence-electron chi connectivity index (χ2n) is 4.68. The van der Waals surface area contributed by atoms with Gasteiger partial charge in [0.2, 0.25) is 0 Å². The van der Waals surface area contributed by atoms with Crippen LogP contribution >= 0.6 is 15.9 Å². The molecule has 110 valence electrons. The Bertz CT molecular complexity index is 288. The zero-order chi connectivity index (χ0) is 13.8. The Morgan fingerprint density at radius 2 is 1.89 bits per heavy atom. The van der Waals surface area contributed by atoms with Crippen molar-refractivity contribution in [3.05, 3.63) is 24.2 Å². The van der Waals surface area contributed by atoms with E-state index in [2.05, 4.69) is 15.9 Å². The quantitative estimate of drug-likeness (QED) is 0.304. The molecule has 0 saturated carbocycles. The minimum absolute atomic E-state index is 0.0255. The first-order chi connectivity index (χ1) is 9.38. The SMILES string of the molecule is COCO[C@@H](CCCCCCCCBr)c1ccco1. The van der Waals surface area contributed by atoms with Gasteiger partial charge in [0.05, 0.1) is 6.26 Å². The van der Waals surface area contributed by atoms with Crippen molar-refractivity contribution in [3.8, 4) is 0 Å². The highest BCUT2D eigenvalue weighted by molar-refractivity contribution is 9.09. The molecule has 1 heterocycles. The normalized spacial score (nSPS) is 12.7. The molecule has 3 nitrogen and oxygen atoms in total. The van der Waals surface area contributed by atoms with E-state index in [4.69, 9.17) is 13.9 Å². The number of ether oxygens (including phenoxy) is 2. The molecular formula is C15H25BrO3. The summed E-state index contributed by atoms with van der Waals surface area (Å²) in [7, 11) is 1.64. The standard InChI is InChI=1S/C15H25BrO3/c1-17-13-19-15(14-10-8-12-18-14)9-6-4-2-3-5-7-11-16/h8,10,12,15H,2-7,9,11,13H2,1H3/t15-/m0/s1. The van der Waals surface area contributed by atoms with E-state index in [0.717, 1.165) is 17.5 Å². The van der Waals surface area contributed by atoms with Gasteiger partial charge in [-0.25, -0.2) is 0 Å². The van der Waals surface area contributed by atoms with Crippen LogP contribution in [-0.2, 0) is 9.47 Å². The van der Waals surface area contributed by atoms with E-state index in [1.165, 1.54) is 38.5 Å². The number of alkyl halides is 1. The molecule has 0 radical (unpaired) electrons. The number of methoxy groups -OCH3 is 1. The highest BCUT2D eigenvalue weighted by atomic mass is 79.9. The van der Waals surface area contributed by atoms with E-state index in [1.807, 2.05) is 12.1 Å². The molecule has 1 aromatic rings. The molecule has 0 N–H and O–H groups in total. The van der Waals surface area contributed by atoms with Gasteiger partial charge in [-0.05, 0) is 25.0 Å². The number of furan rings is 1. The molecule has 0 aliphatic heterocycles. The van der Waals surface area contributed by atoms with Crippen LogP contribution in [0.3, 0.4) is 0 Å². The molecule has 0 aliphatic carbocycles. The van der Waals surface area contributed by atoms with Crippen LogP contribution in [-0.4, -0.2) is 19.2 Å². The van der Waals surface area contributed by atoms with Crippen LogP contribution in [0.1, 0.15) is 56.8 Å². The number of unbranched alkanes of at least 4 members (excludes halogenated alkanes) is 5. The van der Waals surface area contributed by atoms with Gasteiger partial charge in [-0.3, -0.25) is 0 Å². The molecule has 0 aromatic carbocycles. The Balaban J connectivity index is 2.15. The third kappa shape index (κ3) is 7.75. The van der Waals surface area contributed by atoms with Gasteiger partial charge < -0.3 is 13.9 Å². The summed E-state index contributed by atoms with van der Waals surface area (Å²) in [4.78, 5) is 0. The lowest BCUT2D eigenvalue weighted by Gasteiger charge is -2.15. The summed E-state index contributed by atoms with van der Waals surface area (Å²) in [5.41, 5.74) is 0. The van der Waals surface area contributed by atoms with Gasteiger partial charge in [-0.1, -0.05) is 48.0 Å². The van der Waals surface area contributed by atoms with E-state index in [0.29, 0.717) is 6.79 Å². The molecule has 1 atom stereocenters. The fourth-order valence-corrected chi connectivity index (χ4v) is 2.46. The largest absolute Gasteiger partial charge is 0.467 e. The minimum atomic E-state index is 0.0255. The number of rotatable bonds is 12. The van der Waals surface area contributed by atoms with Crippen molar-refractivity contribution < 1.29 is 13.9 Å². The summed E-state index contributed by atoms with van der Waals surface area (Å²) >= 11 is 3.46. The Kier molecular flexibility index (Phi) is 10.1.